The molecule has 2 heterocycles. The molecule has 0 radical (unpaired) electrons. The number of carbonyl (C=O) groups is 1. The van der Waals surface area contributed by atoms with Crippen molar-refractivity contribution >= 4 is 5.91 Å². The van der Waals surface area contributed by atoms with Crippen LogP contribution in [0.15, 0.2) is 30.3 Å². The van der Waals surface area contributed by atoms with Crippen molar-refractivity contribution < 1.29 is 4.79 Å². The molecule has 0 aliphatic carbocycles. The Morgan fingerprint density at radius 3 is 2.75 bits per heavy atom. The number of carbonyl (C=O) groups excluding carboxylic acids is 1. The highest BCUT2D eigenvalue weighted by Gasteiger charge is 2.26. The monoisotopic (exact) mass is 327 g/mol. The van der Waals surface area contributed by atoms with Crippen molar-refractivity contribution in [2.45, 2.75) is 57.7 Å². The smallest absolute Gasteiger partial charge is 0.239 e. The molecular formula is C18H25N5O. The summed E-state index contributed by atoms with van der Waals surface area (Å²) in [6.45, 7) is 3.03. The lowest BCUT2D eigenvalue weighted by atomic mass is 10.0. The Kier molecular flexibility index (Phi) is 5.25. The van der Waals surface area contributed by atoms with E-state index in [1.165, 1.54) is 6.42 Å². The van der Waals surface area contributed by atoms with Gasteiger partial charge >= 0.3 is 0 Å². The predicted molar refractivity (Wildman–Crippen MR) is 92.1 cm³/mol. The molecule has 0 saturated carbocycles. The molecule has 1 aromatic carbocycles. The summed E-state index contributed by atoms with van der Waals surface area (Å²) in [5, 5.41) is 12.2. The van der Waals surface area contributed by atoms with Crippen LogP contribution < -0.4 is 11.1 Å². The first-order valence-corrected chi connectivity index (χ1v) is 8.73. The Bertz CT molecular complexity index is 682. The van der Waals surface area contributed by atoms with Crippen LogP contribution in [0.2, 0.25) is 0 Å². The Hall–Kier alpha value is -2.21. The number of benzene rings is 1. The second-order valence-corrected chi connectivity index (χ2v) is 6.31. The van der Waals surface area contributed by atoms with E-state index in [1.807, 2.05) is 30.3 Å². The van der Waals surface area contributed by atoms with E-state index in [4.69, 9.17) is 5.73 Å². The van der Waals surface area contributed by atoms with Gasteiger partial charge in [0.15, 0.2) is 0 Å². The van der Waals surface area contributed by atoms with Gasteiger partial charge in [0.25, 0.3) is 0 Å². The summed E-state index contributed by atoms with van der Waals surface area (Å²) >= 11 is 0. The van der Waals surface area contributed by atoms with Gasteiger partial charge in [-0.1, -0.05) is 43.7 Å². The molecule has 3 rings (SSSR count). The molecule has 1 aliphatic heterocycles. The zero-order chi connectivity index (χ0) is 16.9. The molecule has 0 saturated heterocycles. The van der Waals surface area contributed by atoms with Gasteiger partial charge in [0.05, 0.1) is 6.04 Å². The first kappa shape index (κ1) is 16.6. The summed E-state index contributed by atoms with van der Waals surface area (Å²) in [5.74, 6) is 1.59. The van der Waals surface area contributed by atoms with Gasteiger partial charge in [0.1, 0.15) is 17.7 Å². The van der Waals surface area contributed by atoms with Gasteiger partial charge in [0, 0.05) is 13.0 Å². The first-order chi connectivity index (χ1) is 11.7. The fourth-order valence-electron chi connectivity index (χ4n) is 3.33. The molecule has 24 heavy (non-hydrogen) atoms. The number of fused-ring (bicyclic) bond motifs is 1. The van der Waals surface area contributed by atoms with E-state index in [1.54, 1.807) is 0 Å². The molecule has 1 amide bonds. The van der Waals surface area contributed by atoms with Crippen LogP contribution >= 0.6 is 0 Å². The Morgan fingerprint density at radius 1 is 1.25 bits per heavy atom. The average molecular weight is 327 g/mol. The highest BCUT2D eigenvalue weighted by Crippen LogP contribution is 2.24. The number of nitrogens with zero attached hydrogens (tertiary/aromatic N) is 3. The van der Waals surface area contributed by atoms with E-state index in [0.717, 1.165) is 49.4 Å². The Labute approximate surface area is 142 Å². The second-order valence-electron chi connectivity index (χ2n) is 6.31. The number of primary amides is 1. The highest BCUT2D eigenvalue weighted by molar-refractivity contribution is 5.81. The minimum absolute atomic E-state index is 0.0537. The van der Waals surface area contributed by atoms with Crippen molar-refractivity contribution in [2.75, 3.05) is 0 Å². The van der Waals surface area contributed by atoms with Gasteiger partial charge in [-0.25, -0.2) is 0 Å². The van der Waals surface area contributed by atoms with Gasteiger partial charge in [-0.2, -0.15) is 0 Å². The normalized spacial score (nSPS) is 16.9. The summed E-state index contributed by atoms with van der Waals surface area (Å²) in [6.07, 6.45) is 5.32. The molecule has 0 fully saturated rings. The summed E-state index contributed by atoms with van der Waals surface area (Å²) < 4.78 is 2.22. The first-order valence-electron chi connectivity index (χ1n) is 8.73. The maximum absolute atomic E-state index is 12.0. The van der Waals surface area contributed by atoms with E-state index >= 15 is 0 Å². The fraction of sp³-hybridized carbons (Fsp3) is 0.500. The van der Waals surface area contributed by atoms with Crippen molar-refractivity contribution in [1.29, 1.82) is 0 Å². The predicted octanol–water partition coefficient (Wildman–Crippen LogP) is 2.27. The van der Waals surface area contributed by atoms with E-state index in [-0.39, 0.29) is 11.9 Å². The van der Waals surface area contributed by atoms with Crippen LogP contribution in [0.25, 0.3) is 0 Å². The SMILES string of the molecule is CCC(NC(C(N)=O)c1ccccc1)c1nnc2n1CCCCC2. The van der Waals surface area contributed by atoms with Gasteiger partial charge < -0.3 is 10.3 Å². The lowest BCUT2D eigenvalue weighted by Crippen LogP contribution is -2.37. The summed E-state index contributed by atoms with van der Waals surface area (Å²) in [5.41, 5.74) is 6.52. The number of aryl methyl sites for hydroxylation is 1. The summed E-state index contributed by atoms with van der Waals surface area (Å²) in [6, 6.07) is 9.00. The van der Waals surface area contributed by atoms with Crippen LogP contribution in [-0.4, -0.2) is 20.7 Å². The van der Waals surface area contributed by atoms with Crippen molar-refractivity contribution in [3.05, 3.63) is 47.5 Å². The molecule has 6 nitrogen and oxygen atoms in total. The van der Waals surface area contributed by atoms with Crippen LogP contribution in [-0.2, 0) is 17.8 Å². The average Bonchev–Trinajstić information content (AvgIpc) is 2.85. The molecule has 1 aliphatic rings. The number of aromatic nitrogens is 3. The van der Waals surface area contributed by atoms with E-state index < -0.39 is 6.04 Å². The zero-order valence-electron chi connectivity index (χ0n) is 14.1. The minimum Gasteiger partial charge on any atom is -0.368 e. The van der Waals surface area contributed by atoms with E-state index in [2.05, 4.69) is 27.0 Å². The zero-order valence-corrected chi connectivity index (χ0v) is 14.1. The van der Waals surface area contributed by atoms with Crippen LogP contribution in [0.3, 0.4) is 0 Å². The van der Waals surface area contributed by atoms with Gasteiger partial charge in [0.2, 0.25) is 5.91 Å². The van der Waals surface area contributed by atoms with Crippen molar-refractivity contribution in [2.24, 2.45) is 5.73 Å². The maximum atomic E-state index is 12.0. The van der Waals surface area contributed by atoms with Crippen LogP contribution in [0.4, 0.5) is 0 Å². The van der Waals surface area contributed by atoms with E-state index in [0.29, 0.717) is 0 Å². The number of nitrogens with two attached hydrogens (primary N) is 1. The third kappa shape index (κ3) is 3.48. The number of rotatable bonds is 6. The molecule has 0 spiro atoms. The van der Waals surface area contributed by atoms with E-state index in [9.17, 15) is 4.79 Å². The molecular weight excluding hydrogens is 302 g/mol. The van der Waals surface area contributed by atoms with Crippen molar-refractivity contribution in [1.82, 2.24) is 20.1 Å². The largest absolute Gasteiger partial charge is 0.368 e. The van der Waals surface area contributed by atoms with Crippen LogP contribution in [0.5, 0.6) is 0 Å². The fourth-order valence-corrected chi connectivity index (χ4v) is 3.33. The highest BCUT2D eigenvalue weighted by atomic mass is 16.1. The Balaban J connectivity index is 1.86. The van der Waals surface area contributed by atoms with Crippen LogP contribution in [0.1, 0.15) is 61.9 Å². The van der Waals surface area contributed by atoms with Gasteiger partial charge in [-0.3, -0.25) is 10.1 Å². The maximum Gasteiger partial charge on any atom is 0.239 e. The number of amides is 1. The third-order valence-corrected chi connectivity index (χ3v) is 4.64. The molecule has 6 heteroatoms. The van der Waals surface area contributed by atoms with Crippen molar-refractivity contribution in [3.63, 3.8) is 0 Å². The number of hydrogen-bond donors (Lipinski definition) is 2. The molecule has 2 unspecified atom stereocenters. The topological polar surface area (TPSA) is 85.8 Å². The molecule has 128 valence electrons. The number of nitrogens with one attached hydrogen (secondary N) is 1. The third-order valence-electron chi connectivity index (χ3n) is 4.64. The summed E-state index contributed by atoms with van der Waals surface area (Å²) in [7, 11) is 0. The summed E-state index contributed by atoms with van der Waals surface area (Å²) in [4.78, 5) is 12.0. The molecule has 3 N–H and O–H groups in total. The van der Waals surface area contributed by atoms with Gasteiger partial charge in [-0.05, 0) is 24.8 Å². The Morgan fingerprint density at radius 2 is 2.04 bits per heavy atom. The number of hydrogen-bond acceptors (Lipinski definition) is 4. The molecule has 2 aromatic rings. The van der Waals surface area contributed by atoms with Crippen molar-refractivity contribution in [3.8, 4) is 0 Å². The molecule has 2 atom stereocenters. The lowest BCUT2D eigenvalue weighted by Gasteiger charge is -2.23. The lowest BCUT2D eigenvalue weighted by molar-refractivity contribution is -0.120. The molecule has 1 aromatic heterocycles. The minimum atomic E-state index is -0.533. The second kappa shape index (κ2) is 7.57. The standard InChI is InChI=1S/C18H25N5O/c1-2-14(18-22-21-15-11-7-4-8-12-23(15)18)20-16(17(19)24)13-9-5-3-6-10-13/h3,5-6,9-10,14,16,20H,2,4,7-8,11-12H2,1H3,(H2,19,24). The van der Waals surface area contributed by atoms with Crippen LogP contribution in [0, 0.1) is 0 Å². The quantitative estimate of drug-likeness (QED) is 0.852. The molecule has 0 bridgehead atoms. The van der Waals surface area contributed by atoms with Gasteiger partial charge in [-0.15, -0.1) is 10.2 Å².